The van der Waals surface area contributed by atoms with Gasteiger partial charge in [0, 0.05) is 49.3 Å². The number of carbonyl (C=O) groups excluding carboxylic acids is 1. The van der Waals surface area contributed by atoms with Crippen LogP contribution in [0.4, 0.5) is 5.82 Å². The predicted molar refractivity (Wildman–Crippen MR) is 114 cm³/mol. The van der Waals surface area contributed by atoms with Crippen LogP contribution < -0.4 is 10.2 Å². The Hall–Kier alpha value is -2.90. The minimum atomic E-state index is -0.0500. The molecule has 156 valence electrons. The summed E-state index contributed by atoms with van der Waals surface area (Å²) in [7, 11) is 0. The SMILES string of the molecule is O=C(CCc1ncc(-c2ccc(Cl)cc2)o1)NCc1ccnc(N2CCOCC2)c1. The van der Waals surface area contributed by atoms with E-state index >= 15 is 0 Å². The van der Waals surface area contributed by atoms with Gasteiger partial charge >= 0.3 is 0 Å². The Labute approximate surface area is 180 Å². The second-order valence-corrected chi connectivity index (χ2v) is 7.46. The number of ether oxygens (including phenoxy) is 1. The predicted octanol–water partition coefficient (Wildman–Crippen LogP) is 3.48. The van der Waals surface area contributed by atoms with Gasteiger partial charge in [0.1, 0.15) is 5.82 Å². The van der Waals surface area contributed by atoms with Crippen molar-refractivity contribution in [2.24, 2.45) is 0 Å². The number of aryl methyl sites for hydroxylation is 1. The van der Waals surface area contributed by atoms with E-state index in [1.165, 1.54) is 0 Å². The molecule has 4 rings (SSSR count). The van der Waals surface area contributed by atoms with Crippen molar-refractivity contribution in [2.45, 2.75) is 19.4 Å². The molecule has 0 atom stereocenters. The number of hydrogen-bond acceptors (Lipinski definition) is 6. The Bertz CT molecular complexity index is 984. The third-order valence-electron chi connectivity index (χ3n) is 4.88. The standard InChI is InChI=1S/C22H23ClN4O3/c23-18-3-1-17(2-4-18)19-15-26-22(30-19)6-5-21(28)25-14-16-7-8-24-20(13-16)27-9-11-29-12-10-27/h1-4,7-8,13,15H,5-6,9-12,14H2,(H,25,28). The molecule has 1 N–H and O–H groups in total. The fourth-order valence-corrected chi connectivity index (χ4v) is 3.34. The van der Waals surface area contributed by atoms with Gasteiger partial charge < -0.3 is 19.4 Å². The maximum Gasteiger partial charge on any atom is 0.220 e. The summed E-state index contributed by atoms with van der Waals surface area (Å²) in [5.74, 6) is 2.06. The van der Waals surface area contributed by atoms with Crippen LogP contribution >= 0.6 is 11.6 Å². The number of halogens is 1. The molecule has 1 amide bonds. The number of hydrogen-bond donors (Lipinski definition) is 1. The summed E-state index contributed by atoms with van der Waals surface area (Å²) in [6.45, 7) is 3.54. The first-order chi connectivity index (χ1) is 14.7. The summed E-state index contributed by atoms with van der Waals surface area (Å²) >= 11 is 5.91. The van der Waals surface area contributed by atoms with Crippen molar-refractivity contribution in [3.05, 3.63) is 65.3 Å². The summed E-state index contributed by atoms with van der Waals surface area (Å²) in [5.41, 5.74) is 1.91. The van der Waals surface area contributed by atoms with Gasteiger partial charge in [0.15, 0.2) is 11.7 Å². The van der Waals surface area contributed by atoms with E-state index in [0.29, 0.717) is 49.3 Å². The van der Waals surface area contributed by atoms with Crippen LogP contribution in [0.5, 0.6) is 0 Å². The molecule has 1 aromatic carbocycles. The molecule has 0 saturated carbocycles. The van der Waals surface area contributed by atoms with Crippen molar-refractivity contribution < 1.29 is 13.9 Å². The number of amides is 1. The molecule has 1 aliphatic rings. The van der Waals surface area contributed by atoms with Crippen molar-refractivity contribution in [1.82, 2.24) is 15.3 Å². The molecular formula is C22H23ClN4O3. The molecule has 8 heteroatoms. The Balaban J connectivity index is 1.26. The normalized spacial score (nSPS) is 14.0. The molecule has 30 heavy (non-hydrogen) atoms. The topological polar surface area (TPSA) is 80.5 Å². The summed E-state index contributed by atoms with van der Waals surface area (Å²) in [5, 5.41) is 3.62. The third kappa shape index (κ3) is 5.37. The number of morpholine rings is 1. The van der Waals surface area contributed by atoms with Gasteiger partial charge in [-0.2, -0.15) is 0 Å². The molecule has 0 spiro atoms. The zero-order chi connectivity index (χ0) is 20.8. The molecule has 2 aromatic heterocycles. The van der Waals surface area contributed by atoms with Crippen LogP contribution in [0, 0.1) is 0 Å². The van der Waals surface area contributed by atoms with Gasteiger partial charge in [-0.05, 0) is 42.0 Å². The summed E-state index contributed by atoms with van der Waals surface area (Å²) < 4.78 is 11.1. The lowest BCUT2D eigenvalue weighted by molar-refractivity contribution is -0.121. The highest BCUT2D eigenvalue weighted by atomic mass is 35.5. The van der Waals surface area contributed by atoms with Crippen LogP contribution in [0.25, 0.3) is 11.3 Å². The van der Waals surface area contributed by atoms with Crippen LogP contribution in [0.2, 0.25) is 5.02 Å². The van der Waals surface area contributed by atoms with E-state index in [9.17, 15) is 4.79 Å². The van der Waals surface area contributed by atoms with E-state index in [-0.39, 0.29) is 5.91 Å². The Morgan fingerprint density at radius 2 is 1.93 bits per heavy atom. The summed E-state index contributed by atoms with van der Waals surface area (Å²) in [6, 6.07) is 11.3. The fourth-order valence-electron chi connectivity index (χ4n) is 3.22. The van der Waals surface area contributed by atoms with E-state index in [1.54, 1.807) is 24.5 Å². The summed E-state index contributed by atoms with van der Waals surface area (Å²) in [4.78, 5) is 23.1. The minimum Gasteiger partial charge on any atom is -0.441 e. The van der Waals surface area contributed by atoms with Crippen molar-refractivity contribution >= 4 is 23.3 Å². The molecule has 0 unspecified atom stereocenters. The second-order valence-electron chi connectivity index (χ2n) is 7.02. The van der Waals surface area contributed by atoms with Gasteiger partial charge in [-0.3, -0.25) is 4.79 Å². The van der Waals surface area contributed by atoms with Crippen LogP contribution in [0.1, 0.15) is 17.9 Å². The quantitative estimate of drug-likeness (QED) is 0.623. The molecule has 0 bridgehead atoms. The average molecular weight is 427 g/mol. The zero-order valence-electron chi connectivity index (χ0n) is 16.5. The van der Waals surface area contributed by atoms with E-state index in [2.05, 4.69) is 20.2 Å². The molecular weight excluding hydrogens is 404 g/mol. The Morgan fingerprint density at radius 1 is 1.13 bits per heavy atom. The molecule has 7 nitrogen and oxygen atoms in total. The van der Waals surface area contributed by atoms with E-state index in [4.69, 9.17) is 20.8 Å². The largest absolute Gasteiger partial charge is 0.441 e. The van der Waals surface area contributed by atoms with Gasteiger partial charge in [0.2, 0.25) is 5.91 Å². The fraction of sp³-hybridized carbons (Fsp3) is 0.318. The Morgan fingerprint density at radius 3 is 2.73 bits per heavy atom. The van der Waals surface area contributed by atoms with Gasteiger partial charge in [0.25, 0.3) is 0 Å². The first kappa shape index (κ1) is 20.4. The van der Waals surface area contributed by atoms with Crippen LogP contribution in [-0.4, -0.2) is 42.2 Å². The number of oxazole rings is 1. The molecule has 1 saturated heterocycles. The number of carbonyl (C=O) groups is 1. The number of benzene rings is 1. The molecule has 1 aliphatic heterocycles. The third-order valence-corrected chi connectivity index (χ3v) is 5.13. The first-order valence-corrected chi connectivity index (χ1v) is 10.3. The van der Waals surface area contributed by atoms with Crippen molar-refractivity contribution in [3.63, 3.8) is 0 Å². The maximum atomic E-state index is 12.3. The second kappa shape index (κ2) is 9.73. The van der Waals surface area contributed by atoms with Crippen molar-refractivity contribution in [2.75, 3.05) is 31.2 Å². The molecule has 3 heterocycles. The van der Waals surface area contributed by atoms with E-state index in [1.807, 2.05) is 24.3 Å². The van der Waals surface area contributed by atoms with Crippen molar-refractivity contribution in [1.29, 1.82) is 0 Å². The average Bonchev–Trinajstić information content (AvgIpc) is 3.27. The number of anilines is 1. The lowest BCUT2D eigenvalue weighted by Gasteiger charge is -2.28. The lowest BCUT2D eigenvalue weighted by Crippen LogP contribution is -2.36. The van der Waals surface area contributed by atoms with Gasteiger partial charge in [-0.25, -0.2) is 9.97 Å². The monoisotopic (exact) mass is 426 g/mol. The maximum absolute atomic E-state index is 12.3. The first-order valence-electron chi connectivity index (χ1n) is 9.92. The van der Waals surface area contributed by atoms with Crippen LogP contribution in [0.3, 0.4) is 0 Å². The molecule has 3 aromatic rings. The highest BCUT2D eigenvalue weighted by molar-refractivity contribution is 6.30. The summed E-state index contributed by atoms with van der Waals surface area (Å²) in [6.07, 6.45) is 4.19. The smallest absolute Gasteiger partial charge is 0.220 e. The number of nitrogens with zero attached hydrogens (tertiary/aromatic N) is 3. The van der Waals surface area contributed by atoms with E-state index < -0.39 is 0 Å². The number of aromatic nitrogens is 2. The van der Waals surface area contributed by atoms with Crippen molar-refractivity contribution in [3.8, 4) is 11.3 Å². The van der Waals surface area contributed by atoms with E-state index in [0.717, 1.165) is 30.0 Å². The number of rotatable bonds is 7. The highest BCUT2D eigenvalue weighted by Gasteiger charge is 2.13. The zero-order valence-corrected chi connectivity index (χ0v) is 17.3. The molecule has 0 aliphatic carbocycles. The minimum absolute atomic E-state index is 0.0500. The van der Waals surface area contributed by atoms with Gasteiger partial charge in [-0.15, -0.1) is 0 Å². The Kier molecular flexibility index (Phi) is 6.61. The van der Waals surface area contributed by atoms with Gasteiger partial charge in [-0.1, -0.05) is 11.6 Å². The molecule has 1 fully saturated rings. The number of pyridine rings is 1. The highest BCUT2D eigenvalue weighted by Crippen LogP contribution is 2.22. The van der Waals surface area contributed by atoms with Gasteiger partial charge in [0.05, 0.1) is 19.4 Å². The van der Waals surface area contributed by atoms with Crippen LogP contribution in [-0.2, 0) is 22.5 Å². The number of nitrogens with one attached hydrogen (secondary N) is 1. The molecule has 0 radical (unpaired) electrons. The van der Waals surface area contributed by atoms with Crippen LogP contribution in [0.15, 0.2) is 53.2 Å². The lowest BCUT2D eigenvalue weighted by atomic mass is 10.2.